The monoisotopic (exact) mass is 272 g/mol. The lowest BCUT2D eigenvalue weighted by Gasteiger charge is -2.32. The average molecular weight is 273 g/mol. The molecule has 0 unspecified atom stereocenters. The maximum atomic E-state index is 6.16. The Morgan fingerprint density at radius 3 is 3.00 bits per heavy atom. The van der Waals surface area contributed by atoms with E-state index in [0.29, 0.717) is 0 Å². The van der Waals surface area contributed by atoms with Gasteiger partial charge in [0, 0.05) is 23.5 Å². The summed E-state index contributed by atoms with van der Waals surface area (Å²) in [4.78, 5) is 6.85. The number of hydrogen-bond acceptors (Lipinski definition) is 2. The summed E-state index contributed by atoms with van der Waals surface area (Å²) in [6, 6.07) is 10.2. The van der Waals surface area contributed by atoms with E-state index in [9.17, 15) is 0 Å². The van der Waals surface area contributed by atoms with Crippen molar-refractivity contribution >= 4 is 17.3 Å². The summed E-state index contributed by atoms with van der Waals surface area (Å²) in [6.45, 7) is 4.10. The van der Waals surface area contributed by atoms with Crippen LogP contribution in [-0.4, -0.2) is 11.5 Å². The van der Waals surface area contributed by atoms with Crippen LogP contribution in [0, 0.1) is 6.92 Å². The maximum Gasteiger partial charge on any atom is 0.0602 e. The average Bonchev–Trinajstić information content (AvgIpc) is 2.39. The van der Waals surface area contributed by atoms with Crippen LogP contribution in [0.2, 0.25) is 5.02 Å². The second kappa shape index (κ2) is 5.22. The van der Waals surface area contributed by atoms with Gasteiger partial charge in [-0.05, 0) is 55.2 Å². The first-order valence-electron chi connectivity index (χ1n) is 6.68. The van der Waals surface area contributed by atoms with Gasteiger partial charge in [0.1, 0.15) is 0 Å². The fourth-order valence-corrected chi connectivity index (χ4v) is 3.16. The summed E-state index contributed by atoms with van der Waals surface area (Å²) >= 11 is 6.16. The molecule has 3 rings (SSSR count). The summed E-state index contributed by atoms with van der Waals surface area (Å²) in [5, 5.41) is 0.843. The highest BCUT2D eigenvalue weighted by Crippen LogP contribution is 2.34. The van der Waals surface area contributed by atoms with Crippen molar-refractivity contribution < 1.29 is 0 Å². The Hall–Kier alpha value is -1.54. The summed E-state index contributed by atoms with van der Waals surface area (Å²) in [6.07, 6.45) is 4.16. The van der Waals surface area contributed by atoms with E-state index >= 15 is 0 Å². The van der Waals surface area contributed by atoms with Gasteiger partial charge in [-0.2, -0.15) is 0 Å². The van der Waals surface area contributed by atoms with Crippen molar-refractivity contribution in [3.05, 3.63) is 58.4 Å². The molecule has 0 amide bonds. The lowest BCUT2D eigenvalue weighted by Crippen LogP contribution is -2.30. The molecular formula is C16H17ClN2. The normalized spacial score (nSPS) is 14.3. The summed E-state index contributed by atoms with van der Waals surface area (Å²) < 4.78 is 0. The summed E-state index contributed by atoms with van der Waals surface area (Å²) in [7, 11) is 0. The molecule has 0 bridgehead atoms. The van der Waals surface area contributed by atoms with E-state index in [-0.39, 0.29) is 0 Å². The van der Waals surface area contributed by atoms with Gasteiger partial charge >= 0.3 is 0 Å². The number of fused-ring (bicyclic) bond motifs is 1. The molecule has 2 nitrogen and oxygen atoms in total. The fraction of sp³-hybridized carbons (Fsp3) is 0.312. The molecule has 0 fully saturated rings. The second-order valence-corrected chi connectivity index (χ2v) is 5.51. The third-order valence-electron chi connectivity index (χ3n) is 3.61. The van der Waals surface area contributed by atoms with Gasteiger partial charge in [-0.25, -0.2) is 0 Å². The van der Waals surface area contributed by atoms with Crippen molar-refractivity contribution in [1.82, 2.24) is 4.98 Å². The molecule has 1 aromatic heterocycles. The Labute approximate surface area is 119 Å². The van der Waals surface area contributed by atoms with Gasteiger partial charge in [0.25, 0.3) is 0 Å². The van der Waals surface area contributed by atoms with Gasteiger partial charge in [0.05, 0.1) is 12.2 Å². The largest absolute Gasteiger partial charge is 0.365 e. The molecule has 1 aliphatic heterocycles. The smallest absolute Gasteiger partial charge is 0.0602 e. The predicted molar refractivity (Wildman–Crippen MR) is 79.8 cm³/mol. The van der Waals surface area contributed by atoms with Crippen molar-refractivity contribution in [2.45, 2.75) is 26.3 Å². The van der Waals surface area contributed by atoms with Crippen LogP contribution in [-0.2, 0) is 13.0 Å². The molecule has 0 N–H and O–H groups in total. The molecule has 0 spiro atoms. The molecule has 0 atom stereocenters. The SMILES string of the molecule is Cc1cc(Cl)cc2c1N(Cc1ccccn1)CCC2. The number of halogens is 1. The van der Waals surface area contributed by atoms with Crippen molar-refractivity contribution in [1.29, 1.82) is 0 Å². The molecule has 3 heteroatoms. The second-order valence-electron chi connectivity index (χ2n) is 5.08. The van der Waals surface area contributed by atoms with E-state index in [2.05, 4.69) is 35.0 Å². The van der Waals surface area contributed by atoms with Crippen LogP contribution < -0.4 is 4.90 Å². The van der Waals surface area contributed by atoms with Crippen LogP contribution in [0.4, 0.5) is 5.69 Å². The Balaban J connectivity index is 1.94. The van der Waals surface area contributed by atoms with Gasteiger partial charge in [0.2, 0.25) is 0 Å². The van der Waals surface area contributed by atoms with Gasteiger partial charge in [-0.15, -0.1) is 0 Å². The summed E-state index contributed by atoms with van der Waals surface area (Å²) in [5.41, 5.74) is 5.09. The van der Waals surface area contributed by atoms with Crippen molar-refractivity contribution in [3.8, 4) is 0 Å². The molecule has 0 radical (unpaired) electrons. The number of anilines is 1. The lowest BCUT2D eigenvalue weighted by molar-refractivity contribution is 0.681. The lowest BCUT2D eigenvalue weighted by atomic mass is 9.98. The fourth-order valence-electron chi connectivity index (χ4n) is 2.87. The highest BCUT2D eigenvalue weighted by atomic mass is 35.5. The molecule has 0 aliphatic carbocycles. The van der Waals surface area contributed by atoms with Crippen LogP contribution in [0.25, 0.3) is 0 Å². The van der Waals surface area contributed by atoms with Crippen molar-refractivity contribution in [3.63, 3.8) is 0 Å². The van der Waals surface area contributed by atoms with E-state index in [0.717, 1.165) is 30.2 Å². The topological polar surface area (TPSA) is 16.1 Å². The van der Waals surface area contributed by atoms with E-state index in [1.807, 2.05) is 18.3 Å². The zero-order valence-corrected chi connectivity index (χ0v) is 11.8. The standard InChI is InChI=1S/C16H17ClN2/c1-12-9-14(17)10-13-5-4-8-19(16(12)13)11-15-6-2-3-7-18-15/h2-3,6-7,9-10H,4-5,8,11H2,1H3. The first-order chi connectivity index (χ1) is 9.24. The van der Waals surface area contributed by atoms with Crippen LogP contribution >= 0.6 is 11.6 Å². The highest BCUT2D eigenvalue weighted by molar-refractivity contribution is 6.30. The van der Waals surface area contributed by atoms with Crippen LogP contribution in [0.15, 0.2) is 36.5 Å². The highest BCUT2D eigenvalue weighted by Gasteiger charge is 2.19. The Bertz CT molecular complexity index is 581. The molecule has 1 aliphatic rings. The van der Waals surface area contributed by atoms with Gasteiger partial charge in [-0.3, -0.25) is 4.98 Å². The van der Waals surface area contributed by atoms with E-state index < -0.39 is 0 Å². The van der Waals surface area contributed by atoms with Crippen LogP contribution in [0.3, 0.4) is 0 Å². The number of pyridine rings is 1. The quantitative estimate of drug-likeness (QED) is 0.822. The zero-order valence-electron chi connectivity index (χ0n) is 11.1. The zero-order chi connectivity index (χ0) is 13.2. The third-order valence-corrected chi connectivity index (χ3v) is 3.83. The number of aryl methyl sites for hydroxylation is 2. The minimum atomic E-state index is 0.843. The molecule has 0 saturated carbocycles. The van der Waals surface area contributed by atoms with Gasteiger partial charge in [0.15, 0.2) is 0 Å². The summed E-state index contributed by atoms with van der Waals surface area (Å²) in [5.74, 6) is 0. The molecule has 2 heterocycles. The number of nitrogens with zero attached hydrogens (tertiary/aromatic N) is 2. The van der Waals surface area contributed by atoms with E-state index in [1.165, 1.54) is 23.2 Å². The Morgan fingerprint density at radius 2 is 2.21 bits per heavy atom. The van der Waals surface area contributed by atoms with Crippen LogP contribution in [0.1, 0.15) is 23.2 Å². The number of aromatic nitrogens is 1. The number of benzene rings is 1. The third kappa shape index (κ3) is 2.59. The molecule has 2 aromatic rings. The Morgan fingerprint density at radius 1 is 1.32 bits per heavy atom. The molecule has 19 heavy (non-hydrogen) atoms. The maximum absolute atomic E-state index is 6.16. The number of rotatable bonds is 2. The molecular weight excluding hydrogens is 256 g/mol. The minimum Gasteiger partial charge on any atom is -0.365 e. The van der Waals surface area contributed by atoms with E-state index in [1.54, 1.807) is 0 Å². The first-order valence-corrected chi connectivity index (χ1v) is 7.06. The molecule has 1 aromatic carbocycles. The van der Waals surface area contributed by atoms with Crippen molar-refractivity contribution in [2.24, 2.45) is 0 Å². The minimum absolute atomic E-state index is 0.843. The van der Waals surface area contributed by atoms with Gasteiger partial charge < -0.3 is 4.90 Å². The van der Waals surface area contributed by atoms with Crippen LogP contribution in [0.5, 0.6) is 0 Å². The van der Waals surface area contributed by atoms with Crippen molar-refractivity contribution in [2.75, 3.05) is 11.4 Å². The number of hydrogen-bond donors (Lipinski definition) is 0. The molecule has 98 valence electrons. The van der Waals surface area contributed by atoms with E-state index in [4.69, 9.17) is 11.6 Å². The van der Waals surface area contributed by atoms with Gasteiger partial charge in [-0.1, -0.05) is 17.7 Å². The molecule has 0 saturated heterocycles. The Kier molecular flexibility index (Phi) is 3.43. The first kappa shape index (κ1) is 12.5. The predicted octanol–water partition coefficient (Wildman–Crippen LogP) is 4.00.